The van der Waals surface area contributed by atoms with Gasteiger partial charge >= 0.3 is 5.97 Å². The zero-order chi connectivity index (χ0) is 15.7. The van der Waals surface area contributed by atoms with E-state index in [9.17, 15) is 4.79 Å². The standard InChI is InChI=1S/C15H12ClN3O3/c1-8(14-19-18-9(2)22-14)21-15(20)11-3-5-12-10(7-11)4-6-13(16)17-12/h3-8H,1-2H3. The molecule has 0 saturated carbocycles. The smallest absolute Gasteiger partial charge is 0.338 e. The van der Waals surface area contributed by atoms with Crippen molar-refractivity contribution in [3.8, 4) is 0 Å². The van der Waals surface area contributed by atoms with E-state index >= 15 is 0 Å². The van der Waals surface area contributed by atoms with Crippen LogP contribution in [0.5, 0.6) is 0 Å². The van der Waals surface area contributed by atoms with Gasteiger partial charge in [-0.3, -0.25) is 0 Å². The van der Waals surface area contributed by atoms with Crippen molar-refractivity contribution in [3.63, 3.8) is 0 Å². The Hall–Kier alpha value is -2.47. The molecule has 7 heteroatoms. The first-order valence-electron chi connectivity index (χ1n) is 6.60. The average molecular weight is 318 g/mol. The Bertz CT molecular complexity index is 847. The van der Waals surface area contributed by atoms with Gasteiger partial charge in [0.15, 0.2) is 6.10 Å². The lowest BCUT2D eigenvalue weighted by molar-refractivity contribution is 0.0277. The van der Waals surface area contributed by atoms with Crippen LogP contribution in [0.15, 0.2) is 34.7 Å². The molecule has 0 N–H and O–H groups in total. The lowest BCUT2D eigenvalue weighted by Gasteiger charge is -2.09. The molecule has 0 fully saturated rings. The second kappa shape index (κ2) is 5.73. The van der Waals surface area contributed by atoms with Gasteiger partial charge in [0.2, 0.25) is 5.89 Å². The van der Waals surface area contributed by atoms with Crippen molar-refractivity contribution < 1.29 is 13.9 Å². The summed E-state index contributed by atoms with van der Waals surface area (Å²) in [6.45, 7) is 3.35. The van der Waals surface area contributed by atoms with E-state index in [0.29, 0.717) is 22.1 Å². The Labute approximate surface area is 131 Å². The van der Waals surface area contributed by atoms with Crippen LogP contribution in [0, 0.1) is 6.92 Å². The third-order valence-corrected chi connectivity index (χ3v) is 3.27. The fourth-order valence-electron chi connectivity index (χ4n) is 1.98. The lowest BCUT2D eigenvalue weighted by Crippen LogP contribution is -2.09. The van der Waals surface area contributed by atoms with Crippen molar-refractivity contribution >= 4 is 28.5 Å². The molecule has 0 saturated heterocycles. The maximum absolute atomic E-state index is 12.2. The maximum Gasteiger partial charge on any atom is 0.338 e. The summed E-state index contributed by atoms with van der Waals surface area (Å²) in [7, 11) is 0. The quantitative estimate of drug-likeness (QED) is 0.543. The minimum atomic E-state index is -0.618. The molecule has 1 atom stereocenters. The second-order valence-corrected chi connectivity index (χ2v) is 5.14. The molecule has 112 valence electrons. The molecule has 0 aliphatic rings. The zero-order valence-electron chi connectivity index (χ0n) is 11.9. The van der Waals surface area contributed by atoms with Crippen molar-refractivity contribution in [2.45, 2.75) is 20.0 Å². The van der Waals surface area contributed by atoms with Crippen molar-refractivity contribution in [2.24, 2.45) is 0 Å². The summed E-state index contributed by atoms with van der Waals surface area (Å²) in [6.07, 6.45) is -0.618. The minimum Gasteiger partial charge on any atom is -0.449 e. The van der Waals surface area contributed by atoms with Crippen LogP contribution in [-0.4, -0.2) is 21.2 Å². The largest absolute Gasteiger partial charge is 0.449 e. The Kier molecular flexibility index (Phi) is 3.77. The minimum absolute atomic E-state index is 0.264. The molecule has 2 aromatic heterocycles. The summed E-state index contributed by atoms with van der Waals surface area (Å²) in [4.78, 5) is 16.4. The van der Waals surface area contributed by atoms with E-state index in [-0.39, 0.29) is 5.89 Å². The van der Waals surface area contributed by atoms with E-state index in [1.54, 1.807) is 44.2 Å². The SMILES string of the molecule is Cc1nnc(C(C)OC(=O)c2ccc3nc(Cl)ccc3c2)o1. The highest BCUT2D eigenvalue weighted by Crippen LogP contribution is 2.20. The number of nitrogens with zero attached hydrogens (tertiary/aromatic N) is 3. The van der Waals surface area contributed by atoms with E-state index in [1.807, 2.05) is 0 Å². The van der Waals surface area contributed by atoms with Crippen molar-refractivity contribution in [1.29, 1.82) is 0 Å². The van der Waals surface area contributed by atoms with Crippen molar-refractivity contribution in [1.82, 2.24) is 15.2 Å². The highest BCUT2D eigenvalue weighted by molar-refractivity contribution is 6.29. The van der Waals surface area contributed by atoms with Crippen LogP contribution in [0.4, 0.5) is 0 Å². The number of aromatic nitrogens is 3. The van der Waals surface area contributed by atoms with Crippen LogP contribution in [-0.2, 0) is 4.74 Å². The Morgan fingerprint density at radius 3 is 2.82 bits per heavy atom. The van der Waals surface area contributed by atoms with Crippen LogP contribution >= 0.6 is 11.6 Å². The van der Waals surface area contributed by atoms with Crippen LogP contribution < -0.4 is 0 Å². The highest BCUT2D eigenvalue weighted by atomic mass is 35.5. The third kappa shape index (κ3) is 2.92. The third-order valence-electron chi connectivity index (χ3n) is 3.06. The predicted molar refractivity (Wildman–Crippen MR) is 79.6 cm³/mol. The van der Waals surface area contributed by atoms with Gasteiger partial charge in [0, 0.05) is 12.3 Å². The number of aryl methyl sites for hydroxylation is 1. The maximum atomic E-state index is 12.2. The average Bonchev–Trinajstić information content (AvgIpc) is 2.93. The van der Waals surface area contributed by atoms with Gasteiger partial charge in [0.1, 0.15) is 5.15 Å². The van der Waals surface area contributed by atoms with E-state index < -0.39 is 12.1 Å². The van der Waals surface area contributed by atoms with E-state index in [4.69, 9.17) is 20.8 Å². The van der Waals surface area contributed by atoms with Gasteiger partial charge in [0.05, 0.1) is 11.1 Å². The number of fused-ring (bicyclic) bond motifs is 1. The normalized spacial score (nSPS) is 12.3. The number of esters is 1. The zero-order valence-corrected chi connectivity index (χ0v) is 12.7. The molecule has 2 heterocycles. The summed E-state index contributed by atoms with van der Waals surface area (Å²) in [5.41, 5.74) is 1.13. The van der Waals surface area contributed by atoms with Gasteiger partial charge < -0.3 is 9.15 Å². The molecule has 0 aliphatic heterocycles. The van der Waals surface area contributed by atoms with Crippen molar-refractivity contribution in [2.75, 3.05) is 0 Å². The molecule has 0 radical (unpaired) electrons. The first-order valence-corrected chi connectivity index (χ1v) is 6.98. The molecule has 0 aliphatic carbocycles. The number of ether oxygens (including phenoxy) is 1. The Morgan fingerprint density at radius 1 is 1.27 bits per heavy atom. The first kappa shape index (κ1) is 14.5. The molecule has 3 aromatic rings. The molecule has 22 heavy (non-hydrogen) atoms. The number of hydrogen-bond acceptors (Lipinski definition) is 6. The van der Waals surface area contributed by atoms with Crippen molar-refractivity contribution in [3.05, 3.63) is 52.8 Å². The molecular weight excluding hydrogens is 306 g/mol. The molecule has 3 rings (SSSR count). The van der Waals surface area contributed by atoms with Crippen LogP contribution in [0.2, 0.25) is 5.15 Å². The molecule has 1 unspecified atom stereocenters. The molecular formula is C15H12ClN3O3. The number of halogens is 1. The summed E-state index contributed by atoms with van der Waals surface area (Å²) >= 11 is 5.83. The number of hydrogen-bond donors (Lipinski definition) is 0. The van der Waals surface area contributed by atoms with Gasteiger partial charge in [-0.2, -0.15) is 0 Å². The van der Waals surface area contributed by atoms with Crippen LogP contribution in [0.25, 0.3) is 10.9 Å². The van der Waals surface area contributed by atoms with E-state index in [0.717, 1.165) is 5.39 Å². The number of carbonyl (C=O) groups excluding carboxylic acids is 1. The fraction of sp³-hybridized carbons (Fsp3) is 0.200. The number of benzene rings is 1. The van der Waals surface area contributed by atoms with Gasteiger partial charge in [0.25, 0.3) is 5.89 Å². The van der Waals surface area contributed by atoms with Gasteiger partial charge in [-0.15, -0.1) is 10.2 Å². The van der Waals surface area contributed by atoms with E-state index in [1.165, 1.54) is 0 Å². The fourth-order valence-corrected chi connectivity index (χ4v) is 2.14. The summed E-state index contributed by atoms with van der Waals surface area (Å²) in [6, 6.07) is 8.53. The topological polar surface area (TPSA) is 78.1 Å². The lowest BCUT2D eigenvalue weighted by atomic mass is 10.1. The number of carbonyl (C=O) groups is 1. The molecule has 0 amide bonds. The van der Waals surface area contributed by atoms with Gasteiger partial charge in [-0.05, 0) is 37.3 Å². The van der Waals surface area contributed by atoms with Crippen LogP contribution in [0.1, 0.15) is 35.2 Å². The molecule has 1 aromatic carbocycles. The molecule has 6 nitrogen and oxygen atoms in total. The number of pyridine rings is 1. The van der Waals surface area contributed by atoms with E-state index in [2.05, 4.69) is 15.2 Å². The molecule has 0 spiro atoms. The Morgan fingerprint density at radius 2 is 2.09 bits per heavy atom. The van der Waals surface area contributed by atoms with Crippen LogP contribution in [0.3, 0.4) is 0 Å². The Balaban J connectivity index is 1.81. The highest BCUT2D eigenvalue weighted by Gasteiger charge is 2.18. The summed E-state index contributed by atoms with van der Waals surface area (Å²) in [5, 5.41) is 8.75. The van der Waals surface area contributed by atoms with Gasteiger partial charge in [-0.25, -0.2) is 9.78 Å². The monoisotopic (exact) mass is 317 g/mol. The predicted octanol–water partition coefficient (Wildman–Crippen LogP) is 3.50. The number of rotatable bonds is 3. The summed E-state index contributed by atoms with van der Waals surface area (Å²) in [5.74, 6) is 0.215. The second-order valence-electron chi connectivity index (χ2n) is 4.75. The summed E-state index contributed by atoms with van der Waals surface area (Å²) < 4.78 is 10.6. The molecule has 0 bridgehead atoms. The first-order chi connectivity index (χ1) is 10.5. The van der Waals surface area contributed by atoms with Gasteiger partial charge in [-0.1, -0.05) is 11.6 Å².